The average Bonchev–Trinajstić information content (AvgIpc) is 2.92. The maximum Gasteiger partial charge on any atom is 0.340 e. The number of nitrogens with one attached hydrogen (secondary N) is 1. The van der Waals surface area contributed by atoms with Crippen molar-refractivity contribution >= 4 is 16.0 Å². The number of carboxylic acids is 1. The number of hydrogen-bond acceptors (Lipinski definition) is 5. The monoisotopic (exact) mass is 312 g/mol. The van der Waals surface area contributed by atoms with E-state index in [2.05, 4.69) is 10.8 Å². The first-order valence-electron chi connectivity index (χ1n) is 6.53. The van der Waals surface area contributed by atoms with Gasteiger partial charge in [0.25, 0.3) is 0 Å². The largest absolute Gasteiger partial charge is 0.478 e. The molecule has 0 amide bonds. The first-order valence-corrected chi connectivity index (χ1v) is 8.01. The molecule has 1 heterocycles. The molecule has 2 rings (SSSR count). The third kappa shape index (κ3) is 2.80. The fourth-order valence-electron chi connectivity index (χ4n) is 2.75. The lowest BCUT2D eigenvalue weighted by molar-refractivity contribution is 0.0691. The minimum Gasteiger partial charge on any atom is -0.478 e. The highest BCUT2D eigenvalue weighted by Gasteiger charge is 2.36. The number of furan rings is 1. The summed E-state index contributed by atoms with van der Waals surface area (Å²) in [5.41, 5.74) is -0.355. The fraction of sp³-hybridized carbons (Fsp3) is 0.538. The number of carboxylic acid groups (broad SMARTS) is 1. The Morgan fingerprint density at radius 2 is 2.05 bits per heavy atom. The second-order valence-corrected chi connectivity index (χ2v) is 6.77. The van der Waals surface area contributed by atoms with Gasteiger partial charge in [-0.1, -0.05) is 6.42 Å². The predicted molar refractivity (Wildman–Crippen MR) is 72.2 cm³/mol. The Morgan fingerprint density at radius 3 is 2.62 bits per heavy atom. The number of aromatic carboxylic acids is 1. The van der Waals surface area contributed by atoms with Gasteiger partial charge in [0.1, 0.15) is 22.0 Å². The van der Waals surface area contributed by atoms with E-state index in [-0.39, 0.29) is 27.9 Å². The molecule has 0 saturated heterocycles. The van der Waals surface area contributed by atoms with Crippen molar-refractivity contribution in [3.05, 3.63) is 17.1 Å². The van der Waals surface area contributed by atoms with Gasteiger partial charge in [0.2, 0.25) is 10.0 Å². The molecule has 0 radical (unpaired) electrons. The number of aryl methyl sites for hydroxylation is 2. The topological polar surface area (TPSA) is 120 Å². The van der Waals surface area contributed by atoms with Gasteiger partial charge in [-0.05, 0) is 26.7 Å². The van der Waals surface area contributed by atoms with Gasteiger partial charge < -0.3 is 9.52 Å². The van der Waals surface area contributed by atoms with Crippen molar-refractivity contribution in [3.63, 3.8) is 0 Å². The van der Waals surface area contributed by atoms with E-state index < -0.39 is 22.0 Å². The SMILES string of the molecule is Cc1oc(C)c(S(=O)(=O)NC2CCCC2C#N)c1C(=O)O. The van der Waals surface area contributed by atoms with Crippen LogP contribution in [0.1, 0.15) is 41.1 Å². The Morgan fingerprint density at radius 1 is 1.38 bits per heavy atom. The van der Waals surface area contributed by atoms with Crippen LogP contribution >= 0.6 is 0 Å². The molecule has 0 aromatic carbocycles. The van der Waals surface area contributed by atoms with Crippen LogP contribution in [0.4, 0.5) is 0 Å². The predicted octanol–water partition coefficient (Wildman–Crippen LogP) is 1.57. The average molecular weight is 312 g/mol. The van der Waals surface area contributed by atoms with Crippen LogP contribution in [0.15, 0.2) is 9.31 Å². The first-order chi connectivity index (χ1) is 9.77. The van der Waals surface area contributed by atoms with E-state index in [4.69, 9.17) is 9.68 Å². The summed E-state index contributed by atoms with van der Waals surface area (Å²) >= 11 is 0. The Bertz CT molecular complexity index is 714. The van der Waals surface area contributed by atoms with E-state index in [1.807, 2.05) is 0 Å². The molecule has 0 bridgehead atoms. The molecular formula is C13H16N2O5S. The molecule has 1 fully saturated rings. The lowest BCUT2D eigenvalue weighted by Crippen LogP contribution is -2.37. The third-order valence-electron chi connectivity index (χ3n) is 3.68. The van der Waals surface area contributed by atoms with Gasteiger partial charge in [0.05, 0.1) is 12.0 Å². The zero-order chi connectivity index (χ0) is 15.8. The van der Waals surface area contributed by atoms with E-state index in [1.54, 1.807) is 0 Å². The van der Waals surface area contributed by atoms with Crippen LogP contribution in [0.2, 0.25) is 0 Å². The summed E-state index contributed by atoms with van der Waals surface area (Å²) < 4.78 is 32.5. The van der Waals surface area contributed by atoms with Gasteiger partial charge in [0.15, 0.2) is 0 Å². The van der Waals surface area contributed by atoms with Crippen LogP contribution in [0.5, 0.6) is 0 Å². The van der Waals surface area contributed by atoms with Crippen LogP contribution in [0.3, 0.4) is 0 Å². The van der Waals surface area contributed by atoms with Crippen molar-refractivity contribution in [3.8, 4) is 6.07 Å². The minimum atomic E-state index is -4.05. The molecule has 8 heteroatoms. The van der Waals surface area contributed by atoms with Gasteiger partial charge in [-0.3, -0.25) is 0 Å². The van der Waals surface area contributed by atoms with Gasteiger partial charge in [0, 0.05) is 6.04 Å². The summed E-state index contributed by atoms with van der Waals surface area (Å²) in [6.07, 6.45) is 1.97. The normalized spacial score (nSPS) is 22.1. The van der Waals surface area contributed by atoms with E-state index in [1.165, 1.54) is 13.8 Å². The third-order valence-corrected chi connectivity index (χ3v) is 5.32. The number of nitrogens with zero attached hydrogens (tertiary/aromatic N) is 1. The molecule has 1 aromatic rings. The maximum atomic E-state index is 12.5. The molecule has 2 atom stereocenters. The molecule has 1 aromatic heterocycles. The van der Waals surface area contributed by atoms with Gasteiger partial charge in [-0.25, -0.2) is 17.9 Å². The molecule has 1 aliphatic rings. The molecule has 1 saturated carbocycles. The Kier molecular flexibility index (Phi) is 4.07. The van der Waals surface area contributed by atoms with Gasteiger partial charge in [-0.2, -0.15) is 5.26 Å². The number of rotatable bonds is 4. The number of carbonyl (C=O) groups is 1. The highest BCUT2D eigenvalue weighted by molar-refractivity contribution is 7.89. The molecule has 21 heavy (non-hydrogen) atoms. The van der Waals surface area contributed by atoms with Crippen molar-refractivity contribution in [1.29, 1.82) is 5.26 Å². The molecule has 2 unspecified atom stereocenters. The number of sulfonamides is 1. The molecule has 0 aliphatic heterocycles. The summed E-state index contributed by atoms with van der Waals surface area (Å²) in [4.78, 5) is 10.9. The fourth-order valence-corrected chi connectivity index (χ4v) is 4.47. The highest BCUT2D eigenvalue weighted by Crippen LogP contribution is 2.30. The molecule has 0 spiro atoms. The summed E-state index contributed by atoms with van der Waals surface area (Å²) in [5, 5.41) is 18.2. The second kappa shape index (κ2) is 5.50. The quantitative estimate of drug-likeness (QED) is 0.870. The van der Waals surface area contributed by atoms with E-state index in [0.717, 1.165) is 6.42 Å². The van der Waals surface area contributed by atoms with Crippen LogP contribution in [-0.2, 0) is 10.0 Å². The molecular weight excluding hydrogens is 296 g/mol. The van der Waals surface area contributed by atoms with Crippen molar-refractivity contribution in [2.75, 3.05) is 0 Å². The van der Waals surface area contributed by atoms with Crippen molar-refractivity contribution in [2.24, 2.45) is 5.92 Å². The lowest BCUT2D eigenvalue weighted by Gasteiger charge is -2.15. The first kappa shape index (κ1) is 15.5. The van der Waals surface area contributed by atoms with Crippen molar-refractivity contribution < 1.29 is 22.7 Å². The molecule has 2 N–H and O–H groups in total. The number of nitriles is 1. The van der Waals surface area contributed by atoms with E-state index in [9.17, 15) is 18.3 Å². The van der Waals surface area contributed by atoms with E-state index >= 15 is 0 Å². The smallest absolute Gasteiger partial charge is 0.340 e. The zero-order valence-corrected chi connectivity index (χ0v) is 12.5. The molecule has 7 nitrogen and oxygen atoms in total. The van der Waals surface area contributed by atoms with E-state index in [0.29, 0.717) is 12.8 Å². The number of hydrogen-bond donors (Lipinski definition) is 2. The zero-order valence-electron chi connectivity index (χ0n) is 11.7. The van der Waals surface area contributed by atoms with Gasteiger partial charge >= 0.3 is 5.97 Å². The van der Waals surface area contributed by atoms with Gasteiger partial charge in [-0.15, -0.1) is 0 Å². The Hall–Kier alpha value is -1.85. The Labute approximate surface area is 122 Å². The standard InChI is InChI=1S/C13H16N2O5S/c1-7-11(13(16)17)12(8(2)20-7)21(18,19)15-10-5-3-4-9(10)6-14/h9-10,15H,3-5H2,1-2H3,(H,16,17). The summed E-state index contributed by atoms with van der Waals surface area (Å²) in [7, 11) is -4.05. The molecule has 1 aliphatic carbocycles. The van der Waals surface area contributed by atoms with Crippen LogP contribution in [0.25, 0.3) is 0 Å². The van der Waals surface area contributed by atoms with Crippen molar-refractivity contribution in [1.82, 2.24) is 4.72 Å². The lowest BCUT2D eigenvalue weighted by atomic mass is 10.1. The van der Waals surface area contributed by atoms with Crippen LogP contribution in [-0.4, -0.2) is 25.5 Å². The second-order valence-electron chi connectivity index (χ2n) is 5.12. The maximum absolute atomic E-state index is 12.5. The summed E-state index contributed by atoms with van der Waals surface area (Å²) in [6, 6.07) is 1.59. The summed E-state index contributed by atoms with van der Waals surface area (Å²) in [5.74, 6) is -1.66. The summed E-state index contributed by atoms with van der Waals surface area (Å²) in [6.45, 7) is 2.81. The van der Waals surface area contributed by atoms with Crippen LogP contribution < -0.4 is 4.72 Å². The highest BCUT2D eigenvalue weighted by atomic mass is 32.2. The van der Waals surface area contributed by atoms with Crippen LogP contribution in [0, 0.1) is 31.1 Å². The molecule has 114 valence electrons. The van der Waals surface area contributed by atoms with Crippen molar-refractivity contribution in [2.45, 2.75) is 44.0 Å². The minimum absolute atomic E-state index is 0.0314. The Balaban J connectivity index is 2.41.